The Morgan fingerprint density at radius 2 is 1.65 bits per heavy atom. The normalized spacial score (nSPS) is 27.6. The van der Waals surface area contributed by atoms with Crippen LogP contribution >= 0.6 is 24.8 Å². The topological polar surface area (TPSA) is 6.48 Å². The highest BCUT2D eigenvalue weighted by Crippen LogP contribution is 2.44. The largest absolute Gasteiger partial charge is 0.302 e. The Hall–Kier alpha value is -0.280. The molecule has 0 N–H and O–H groups in total. The monoisotopic (exact) mass is 358 g/mol. The molecule has 23 heavy (non-hydrogen) atoms. The molecule has 2 aliphatic rings. The van der Waals surface area contributed by atoms with Gasteiger partial charge in [-0.15, -0.1) is 24.8 Å². The lowest BCUT2D eigenvalue weighted by Crippen LogP contribution is -2.32. The molecule has 0 radical (unpaired) electrons. The van der Waals surface area contributed by atoms with Gasteiger partial charge in [0.05, 0.1) is 0 Å². The van der Waals surface area contributed by atoms with E-state index in [2.05, 4.69) is 61.0 Å². The third-order valence-corrected chi connectivity index (χ3v) is 5.78. The quantitative estimate of drug-likeness (QED) is 0.764. The minimum atomic E-state index is 0. The van der Waals surface area contributed by atoms with E-state index >= 15 is 0 Å². The van der Waals surface area contributed by atoms with Crippen LogP contribution in [0, 0.1) is 17.8 Å². The lowest BCUT2D eigenvalue weighted by Gasteiger charge is -2.28. The molecule has 3 atom stereocenters. The summed E-state index contributed by atoms with van der Waals surface area (Å²) in [6, 6.07) is 11.8. The zero-order chi connectivity index (χ0) is 14.8. The number of hydrogen-bond acceptors (Lipinski definition) is 2. The van der Waals surface area contributed by atoms with E-state index in [-0.39, 0.29) is 24.8 Å². The standard InChI is InChI=1S/C19H30N2.2ClH/c1-4-15(5-2)11-21-13-17-12-20(3)19(18(17)14-21)16-9-7-6-8-10-16;;/h6-10,15,17-19H,4-5,11-14H2,1-3H3;2*1H/t17-,18+,19-;;/m0../s1. The van der Waals surface area contributed by atoms with Crippen molar-refractivity contribution in [3.8, 4) is 0 Å². The lowest BCUT2D eigenvalue weighted by molar-refractivity contribution is 0.206. The fourth-order valence-corrected chi connectivity index (χ4v) is 4.56. The first-order valence-corrected chi connectivity index (χ1v) is 8.70. The average molecular weight is 359 g/mol. The number of nitrogens with zero attached hydrogens (tertiary/aromatic N) is 2. The molecule has 2 nitrogen and oxygen atoms in total. The Morgan fingerprint density at radius 3 is 2.26 bits per heavy atom. The second-order valence-electron chi connectivity index (χ2n) is 7.12. The highest BCUT2D eigenvalue weighted by Gasteiger charge is 2.45. The van der Waals surface area contributed by atoms with Gasteiger partial charge in [-0.05, 0) is 30.4 Å². The summed E-state index contributed by atoms with van der Waals surface area (Å²) in [6.07, 6.45) is 2.65. The highest BCUT2D eigenvalue weighted by atomic mass is 35.5. The van der Waals surface area contributed by atoms with Gasteiger partial charge >= 0.3 is 0 Å². The molecule has 1 aromatic rings. The molecule has 4 heteroatoms. The number of halogens is 2. The summed E-state index contributed by atoms with van der Waals surface area (Å²) >= 11 is 0. The maximum Gasteiger partial charge on any atom is 0.0389 e. The van der Waals surface area contributed by atoms with Gasteiger partial charge in [0.25, 0.3) is 0 Å². The van der Waals surface area contributed by atoms with E-state index in [1.165, 1.54) is 44.6 Å². The Bertz CT molecular complexity index is 450. The SMILES string of the molecule is CCC(CC)CN1C[C@@H]2CN(C)[C@@H](c3ccccc3)[C@@H]2C1.Cl.Cl. The van der Waals surface area contributed by atoms with Gasteiger partial charge < -0.3 is 4.90 Å². The lowest BCUT2D eigenvalue weighted by atomic mass is 9.90. The summed E-state index contributed by atoms with van der Waals surface area (Å²) < 4.78 is 0. The summed E-state index contributed by atoms with van der Waals surface area (Å²) in [7, 11) is 2.31. The summed E-state index contributed by atoms with van der Waals surface area (Å²) in [5.74, 6) is 2.58. The molecule has 2 aliphatic heterocycles. The third-order valence-electron chi connectivity index (χ3n) is 5.78. The maximum absolute atomic E-state index is 2.75. The summed E-state index contributed by atoms with van der Waals surface area (Å²) in [6.45, 7) is 9.87. The fourth-order valence-electron chi connectivity index (χ4n) is 4.56. The number of rotatable bonds is 5. The van der Waals surface area contributed by atoms with Crippen LogP contribution in [-0.4, -0.2) is 43.0 Å². The first-order chi connectivity index (χ1) is 10.2. The second-order valence-corrected chi connectivity index (χ2v) is 7.12. The van der Waals surface area contributed by atoms with Crippen LogP contribution in [0.2, 0.25) is 0 Å². The predicted octanol–water partition coefficient (Wildman–Crippen LogP) is 4.50. The molecule has 1 aromatic carbocycles. The van der Waals surface area contributed by atoms with E-state index in [4.69, 9.17) is 0 Å². The molecule has 2 heterocycles. The second kappa shape index (κ2) is 9.27. The van der Waals surface area contributed by atoms with Crippen LogP contribution in [0.25, 0.3) is 0 Å². The van der Waals surface area contributed by atoms with Gasteiger partial charge in [-0.1, -0.05) is 57.0 Å². The molecule has 0 unspecified atom stereocenters. The predicted molar refractivity (Wildman–Crippen MR) is 104 cm³/mol. The molecule has 2 saturated heterocycles. The number of fused-ring (bicyclic) bond motifs is 1. The Kier molecular flexibility index (Phi) is 8.37. The van der Waals surface area contributed by atoms with Gasteiger partial charge in [-0.2, -0.15) is 0 Å². The molecule has 132 valence electrons. The molecule has 0 amide bonds. The van der Waals surface area contributed by atoms with Crippen LogP contribution in [0.3, 0.4) is 0 Å². The van der Waals surface area contributed by atoms with Crippen molar-refractivity contribution in [3.63, 3.8) is 0 Å². The van der Waals surface area contributed by atoms with Gasteiger partial charge in [0.15, 0.2) is 0 Å². The van der Waals surface area contributed by atoms with E-state index in [1.807, 2.05) is 0 Å². The minimum Gasteiger partial charge on any atom is -0.302 e. The van der Waals surface area contributed by atoms with E-state index in [9.17, 15) is 0 Å². The van der Waals surface area contributed by atoms with Gasteiger partial charge in [0.2, 0.25) is 0 Å². The van der Waals surface area contributed by atoms with Gasteiger partial charge in [-0.25, -0.2) is 0 Å². The third kappa shape index (κ3) is 4.42. The van der Waals surface area contributed by atoms with Crippen molar-refractivity contribution >= 4 is 24.8 Å². The van der Waals surface area contributed by atoms with Crippen molar-refractivity contribution in [3.05, 3.63) is 35.9 Å². The Balaban J connectivity index is 0.00000132. The van der Waals surface area contributed by atoms with Gasteiger partial charge in [0, 0.05) is 32.2 Å². The van der Waals surface area contributed by atoms with Crippen molar-refractivity contribution < 1.29 is 0 Å². The average Bonchev–Trinajstić information content (AvgIpc) is 3.01. The smallest absolute Gasteiger partial charge is 0.0389 e. The van der Waals surface area contributed by atoms with E-state index in [0.29, 0.717) is 6.04 Å². The maximum atomic E-state index is 2.75. The number of benzene rings is 1. The van der Waals surface area contributed by atoms with Gasteiger partial charge in [-0.3, -0.25) is 4.90 Å². The first-order valence-electron chi connectivity index (χ1n) is 8.70. The van der Waals surface area contributed by atoms with Crippen LogP contribution in [0.5, 0.6) is 0 Å². The van der Waals surface area contributed by atoms with Gasteiger partial charge in [0.1, 0.15) is 0 Å². The van der Waals surface area contributed by atoms with Crippen LogP contribution in [0.15, 0.2) is 30.3 Å². The molecular weight excluding hydrogens is 327 g/mol. The number of hydrogen-bond donors (Lipinski definition) is 0. The Morgan fingerprint density at radius 1 is 1.00 bits per heavy atom. The molecule has 0 aliphatic carbocycles. The van der Waals surface area contributed by atoms with Crippen molar-refractivity contribution in [1.29, 1.82) is 0 Å². The molecule has 0 aromatic heterocycles. The molecule has 0 saturated carbocycles. The Labute approximate surface area is 154 Å². The summed E-state index contributed by atoms with van der Waals surface area (Å²) in [5.41, 5.74) is 1.51. The van der Waals surface area contributed by atoms with Crippen molar-refractivity contribution in [2.24, 2.45) is 17.8 Å². The van der Waals surface area contributed by atoms with E-state index < -0.39 is 0 Å². The van der Waals surface area contributed by atoms with Crippen LogP contribution in [0.4, 0.5) is 0 Å². The fraction of sp³-hybridized carbons (Fsp3) is 0.684. The van der Waals surface area contributed by atoms with Crippen molar-refractivity contribution in [2.75, 3.05) is 33.2 Å². The van der Waals surface area contributed by atoms with E-state index in [1.54, 1.807) is 0 Å². The summed E-state index contributed by atoms with van der Waals surface area (Å²) in [4.78, 5) is 5.33. The van der Waals surface area contributed by atoms with Crippen LogP contribution in [-0.2, 0) is 0 Å². The minimum absolute atomic E-state index is 0. The highest BCUT2D eigenvalue weighted by molar-refractivity contribution is 5.85. The molecule has 2 fully saturated rings. The van der Waals surface area contributed by atoms with Crippen molar-refractivity contribution in [2.45, 2.75) is 32.7 Å². The molecule has 0 spiro atoms. The molecular formula is C19H32Cl2N2. The molecule has 0 bridgehead atoms. The molecule has 3 rings (SSSR count). The zero-order valence-corrected chi connectivity index (χ0v) is 16.3. The van der Waals surface area contributed by atoms with Crippen LogP contribution < -0.4 is 0 Å². The number of likely N-dealkylation sites (tertiary alicyclic amines) is 2. The zero-order valence-electron chi connectivity index (χ0n) is 14.6. The van der Waals surface area contributed by atoms with Crippen LogP contribution in [0.1, 0.15) is 38.3 Å². The summed E-state index contributed by atoms with van der Waals surface area (Å²) in [5, 5.41) is 0. The van der Waals surface area contributed by atoms with Crippen molar-refractivity contribution in [1.82, 2.24) is 9.80 Å². The van der Waals surface area contributed by atoms with E-state index in [0.717, 1.165) is 17.8 Å². The first kappa shape index (κ1) is 20.8.